The Morgan fingerprint density at radius 2 is 1.52 bits per heavy atom. The molecular formula is C26H34O14. The Bertz CT molecular complexity index is 1260. The van der Waals surface area contributed by atoms with Crippen molar-refractivity contribution in [1.82, 2.24) is 0 Å². The second-order valence-electron chi connectivity index (χ2n) is 10.9. The molecule has 14 heteroatoms. The quantitative estimate of drug-likeness (QED) is 0.188. The first-order valence-corrected chi connectivity index (χ1v) is 12.9. The molecule has 0 unspecified atom stereocenters. The second kappa shape index (κ2) is 10.9. The number of aliphatic hydroxyl groups is 7. The van der Waals surface area contributed by atoms with Crippen molar-refractivity contribution in [3.63, 3.8) is 0 Å². The molecule has 40 heavy (non-hydrogen) atoms. The molecule has 0 spiro atoms. The van der Waals surface area contributed by atoms with Crippen molar-refractivity contribution >= 4 is 11.0 Å². The number of aliphatic hydroxyl groups excluding tert-OH is 7. The standard InChI is InChI=1S/C26H34O14/c1-9-16(28)19(31)21(33)24(36-9)35-8-14-18(30)20(32)22(34)25(39-14)40-26(2,3)23-17(29)11-6-10-4-5-15(27)37-12(10)7-13(11)38-23/h4-7,9,14,16-25,28-34H,8H2,1-3H3/t9-,14+,16-,17+,18+,19+,20-,21+,22+,23-,24+,25-/m0/s1. The summed E-state index contributed by atoms with van der Waals surface area (Å²) in [6.07, 6.45) is -16.7. The van der Waals surface area contributed by atoms with Crippen LogP contribution in [0, 0.1) is 0 Å². The average Bonchev–Trinajstić information content (AvgIpc) is 3.24. The highest BCUT2D eigenvalue weighted by Gasteiger charge is 2.51. The Balaban J connectivity index is 1.28. The van der Waals surface area contributed by atoms with Crippen LogP contribution in [-0.2, 0) is 18.9 Å². The van der Waals surface area contributed by atoms with Gasteiger partial charge in [-0.05, 0) is 32.9 Å². The summed E-state index contributed by atoms with van der Waals surface area (Å²) in [6.45, 7) is 4.18. The summed E-state index contributed by atoms with van der Waals surface area (Å²) in [7, 11) is 0. The van der Waals surface area contributed by atoms with E-state index in [1.807, 2.05) is 0 Å². The summed E-state index contributed by atoms with van der Waals surface area (Å²) in [6, 6.07) is 5.94. The minimum atomic E-state index is -1.72. The fraction of sp³-hybridized carbons (Fsp3) is 0.654. The molecule has 3 aliphatic rings. The topological polar surface area (TPSA) is 218 Å². The van der Waals surface area contributed by atoms with E-state index in [2.05, 4.69) is 0 Å². The van der Waals surface area contributed by atoms with Crippen molar-refractivity contribution in [3.05, 3.63) is 40.2 Å². The summed E-state index contributed by atoms with van der Waals surface area (Å²) in [5, 5.41) is 73.3. The summed E-state index contributed by atoms with van der Waals surface area (Å²) in [4.78, 5) is 11.6. The number of hydrogen-bond acceptors (Lipinski definition) is 14. The Morgan fingerprint density at radius 1 is 0.850 bits per heavy atom. The lowest BCUT2D eigenvalue weighted by Crippen LogP contribution is -2.62. The minimum absolute atomic E-state index is 0.271. The maximum absolute atomic E-state index is 11.6. The summed E-state index contributed by atoms with van der Waals surface area (Å²) >= 11 is 0. The highest BCUT2D eigenvalue weighted by atomic mass is 16.7. The molecule has 0 bridgehead atoms. The van der Waals surface area contributed by atoms with E-state index in [-0.39, 0.29) is 11.3 Å². The molecule has 2 saturated heterocycles. The fourth-order valence-electron chi connectivity index (χ4n) is 5.19. The Labute approximate surface area is 227 Å². The van der Waals surface area contributed by atoms with E-state index in [0.717, 1.165) is 0 Å². The van der Waals surface area contributed by atoms with Gasteiger partial charge in [0.2, 0.25) is 0 Å². The van der Waals surface area contributed by atoms with Gasteiger partial charge in [0.05, 0.1) is 12.7 Å². The largest absolute Gasteiger partial charge is 0.484 e. The van der Waals surface area contributed by atoms with Gasteiger partial charge in [-0.15, -0.1) is 0 Å². The van der Waals surface area contributed by atoms with E-state index >= 15 is 0 Å². The van der Waals surface area contributed by atoms with Crippen LogP contribution in [0.25, 0.3) is 11.0 Å². The first-order chi connectivity index (χ1) is 18.8. The van der Waals surface area contributed by atoms with Gasteiger partial charge in [-0.3, -0.25) is 0 Å². The van der Waals surface area contributed by atoms with E-state index in [4.69, 9.17) is 28.1 Å². The Hall–Kier alpha value is -2.21. The Morgan fingerprint density at radius 3 is 2.25 bits per heavy atom. The molecule has 1 aromatic carbocycles. The van der Waals surface area contributed by atoms with Gasteiger partial charge in [0.1, 0.15) is 65.8 Å². The van der Waals surface area contributed by atoms with Crippen LogP contribution in [0.2, 0.25) is 0 Å². The predicted octanol–water partition coefficient (Wildman–Crippen LogP) is -1.97. The van der Waals surface area contributed by atoms with Crippen molar-refractivity contribution in [1.29, 1.82) is 0 Å². The van der Waals surface area contributed by atoms with Gasteiger partial charge in [0.25, 0.3) is 0 Å². The third-order valence-corrected chi connectivity index (χ3v) is 7.62. The molecule has 3 aliphatic heterocycles. The summed E-state index contributed by atoms with van der Waals surface area (Å²) < 4.78 is 33.7. The van der Waals surface area contributed by atoms with E-state index in [9.17, 15) is 40.5 Å². The molecule has 5 rings (SSSR count). The van der Waals surface area contributed by atoms with E-state index in [0.29, 0.717) is 10.9 Å². The molecule has 222 valence electrons. The van der Waals surface area contributed by atoms with Crippen molar-refractivity contribution in [2.24, 2.45) is 0 Å². The smallest absolute Gasteiger partial charge is 0.336 e. The van der Waals surface area contributed by atoms with Crippen molar-refractivity contribution < 1.29 is 63.8 Å². The molecule has 7 N–H and O–H groups in total. The normalized spacial score (nSPS) is 40.1. The number of fused-ring (bicyclic) bond motifs is 2. The lowest BCUT2D eigenvalue weighted by molar-refractivity contribution is -0.346. The Kier molecular flexibility index (Phi) is 7.97. The highest BCUT2D eigenvalue weighted by Crippen LogP contribution is 2.44. The first kappa shape index (κ1) is 29.3. The van der Waals surface area contributed by atoms with Crippen molar-refractivity contribution in [3.8, 4) is 5.75 Å². The zero-order chi connectivity index (χ0) is 29.1. The highest BCUT2D eigenvalue weighted by molar-refractivity contribution is 5.80. The number of ether oxygens (including phenoxy) is 5. The molecule has 0 saturated carbocycles. The molecule has 1 aromatic heterocycles. The van der Waals surface area contributed by atoms with Gasteiger partial charge < -0.3 is 63.8 Å². The van der Waals surface area contributed by atoms with Crippen LogP contribution in [0.15, 0.2) is 33.5 Å². The molecule has 2 fully saturated rings. The molecule has 14 nitrogen and oxygen atoms in total. The SMILES string of the molecule is C[C@@H]1O[C@@H](OC[C@H]2O[C@@H](OC(C)(C)[C@H]3Oc4cc5oc(=O)ccc5cc4[C@H]3O)[C@H](O)[C@@H](O)[C@@H]2O)[C@H](O)[C@H](O)[C@H]1O. The van der Waals surface area contributed by atoms with Gasteiger partial charge in [-0.1, -0.05) is 0 Å². The lowest BCUT2D eigenvalue weighted by Gasteiger charge is -2.45. The van der Waals surface area contributed by atoms with Crippen molar-refractivity contribution in [2.75, 3.05) is 6.61 Å². The van der Waals surface area contributed by atoms with Gasteiger partial charge in [-0.25, -0.2) is 4.79 Å². The maximum Gasteiger partial charge on any atom is 0.336 e. The first-order valence-electron chi connectivity index (χ1n) is 12.9. The molecule has 0 aliphatic carbocycles. The third kappa shape index (κ3) is 5.26. The third-order valence-electron chi connectivity index (χ3n) is 7.62. The maximum atomic E-state index is 11.6. The van der Waals surface area contributed by atoms with Crippen LogP contribution in [-0.4, -0.2) is 115 Å². The molecule has 12 atom stereocenters. The monoisotopic (exact) mass is 570 g/mol. The summed E-state index contributed by atoms with van der Waals surface area (Å²) in [5.74, 6) is 0.274. The lowest BCUT2D eigenvalue weighted by atomic mass is 9.93. The van der Waals surface area contributed by atoms with Gasteiger partial charge >= 0.3 is 5.63 Å². The number of hydrogen-bond donors (Lipinski definition) is 7. The van der Waals surface area contributed by atoms with E-state index < -0.39 is 91.5 Å². The molecule has 4 heterocycles. The number of rotatable bonds is 6. The molecule has 2 aromatic rings. The zero-order valence-electron chi connectivity index (χ0n) is 21.9. The van der Waals surface area contributed by atoms with E-state index in [1.54, 1.807) is 26.0 Å². The van der Waals surface area contributed by atoms with Crippen LogP contribution in [0.3, 0.4) is 0 Å². The number of benzene rings is 1. The van der Waals surface area contributed by atoms with Crippen LogP contribution < -0.4 is 10.4 Å². The van der Waals surface area contributed by atoms with Gasteiger partial charge in [0.15, 0.2) is 18.7 Å². The van der Waals surface area contributed by atoms with Crippen molar-refractivity contribution in [2.45, 2.75) is 100.0 Å². The minimum Gasteiger partial charge on any atom is -0.484 e. The van der Waals surface area contributed by atoms with Gasteiger partial charge in [-0.2, -0.15) is 0 Å². The predicted molar refractivity (Wildman–Crippen MR) is 132 cm³/mol. The van der Waals surface area contributed by atoms with E-state index in [1.165, 1.54) is 19.1 Å². The zero-order valence-corrected chi connectivity index (χ0v) is 21.9. The average molecular weight is 571 g/mol. The van der Waals surface area contributed by atoms with Crippen LogP contribution in [0.5, 0.6) is 5.75 Å². The fourth-order valence-corrected chi connectivity index (χ4v) is 5.19. The molecule has 0 amide bonds. The van der Waals surface area contributed by atoms with Crippen LogP contribution >= 0.6 is 0 Å². The molecular weight excluding hydrogens is 536 g/mol. The van der Waals surface area contributed by atoms with Crippen LogP contribution in [0.4, 0.5) is 0 Å². The van der Waals surface area contributed by atoms with Crippen LogP contribution in [0.1, 0.15) is 32.4 Å². The molecule has 0 radical (unpaired) electrons. The summed E-state index contributed by atoms with van der Waals surface area (Å²) in [5.41, 5.74) is -1.18. The second-order valence-corrected chi connectivity index (χ2v) is 10.9. The van der Waals surface area contributed by atoms with Gasteiger partial charge in [0, 0.05) is 23.1 Å².